The van der Waals surface area contributed by atoms with E-state index >= 15 is 0 Å². The van der Waals surface area contributed by atoms with Crippen LogP contribution in [-0.2, 0) is 11.2 Å². The number of hydrogen-bond donors (Lipinski definition) is 2. The third-order valence-corrected chi connectivity index (χ3v) is 3.66. The first-order chi connectivity index (χ1) is 8.72. The van der Waals surface area contributed by atoms with Crippen molar-refractivity contribution in [3.63, 3.8) is 0 Å². The molecule has 18 heavy (non-hydrogen) atoms. The number of aliphatic hydroxyl groups excluding tert-OH is 1. The summed E-state index contributed by atoms with van der Waals surface area (Å²) >= 11 is 0. The number of rotatable bonds is 6. The maximum absolute atomic E-state index is 11.9. The Kier molecular flexibility index (Phi) is 4.37. The number of carbonyl (C=O) groups is 1. The maximum atomic E-state index is 11.9. The molecule has 2 unspecified atom stereocenters. The third-order valence-electron chi connectivity index (χ3n) is 3.66. The third kappa shape index (κ3) is 2.91. The van der Waals surface area contributed by atoms with Gasteiger partial charge in [0, 0.05) is 13.2 Å². The molecule has 1 aromatic rings. The largest absolute Gasteiger partial charge is 0.396 e. The van der Waals surface area contributed by atoms with Gasteiger partial charge < -0.3 is 10.4 Å². The molecule has 1 aliphatic carbocycles. The van der Waals surface area contributed by atoms with Crippen LogP contribution in [0.4, 0.5) is 0 Å². The molecule has 0 radical (unpaired) electrons. The van der Waals surface area contributed by atoms with Crippen molar-refractivity contribution < 1.29 is 9.90 Å². The van der Waals surface area contributed by atoms with Crippen molar-refractivity contribution in [3.8, 4) is 0 Å². The summed E-state index contributed by atoms with van der Waals surface area (Å²) in [6.45, 7) is 2.95. The number of aliphatic hydroxyl groups is 1. The predicted molar refractivity (Wildman–Crippen MR) is 71.4 cm³/mol. The van der Waals surface area contributed by atoms with Crippen LogP contribution in [0.3, 0.4) is 0 Å². The van der Waals surface area contributed by atoms with Gasteiger partial charge in [-0.25, -0.2) is 0 Å². The topological polar surface area (TPSA) is 49.3 Å². The van der Waals surface area contributed by atoms with E-state index in [-0.39, 0.29) is 18.4 Å². The van der Waals surface area contributed by atoms with Crippen LogP contribution in [0.5, 0.6) is 0 Å². The first-order valence-electron chi connectivity index (χ1n) is 6.68. The summed E-state index contributed by atoms with van der Waals surface area (Å²) < 4.78 is 0. The van der Waals surface area contributed by atoms with Crippen molar-refractivity contribution in [3.05, 3.63) is 35.4 Å². The SMILES string of the molecule is CC(CO)CCCNC(=O)C1Cc2ccccc21. The monoisotopic (exact) mass is 247 g/mol. The molecule has 98 valence electrons. The predicted octanol–water partition coefficient (Wildman–Crippen LogP) is 1.85. The molecule has 0 aliphatic heterocycles. The minimum absolute atomic E-state index is 0.0523. The van der Waals surface area contributed by atoms with Crippen LogP contribution in [0.15, 0.2) is 24.3 Å². The number of fused-ring (bicyclic) bond motifs is 1. The molecule has 0 saturated heterocycles. The van der Waals surface area contributed by atoms with Crippen LogP contribution >= 0.6 is 0 Å². The van der Waals surface area contributed by atoms with Gasteiger partial charge in [-0.3, -0.25) is 4.79 Å². The smallest absolute Gasteiger partial charge is 0.227 e. The van der Waals surface area contributed by atoms with Crippen molar-refractivity contribution in [2.45, 2.75) is 32.1 Å². The Labute approximate surface area is 108 Å². The van der Waals surface area contributed by atoms with Gasteiger partial charge in [0.1, 0.15) is 0 Å². The normalized spacial score (nSPS) is 18.7. The quantitative estimate of drug-likeness (QED) is 0.754. The first-order valence-corrected chi connectivity index (χ1v) is 6.68. The first kappa shape index (κ1) is 13.1. The zero-order chi connectivity index (χ0) is 13.0. The summed E-state index contributed by atoms with van der Waals surface area (Å²) in [5, 5.41) is 11.9. The lowest BCUT2D eigenvalue weighted by Gasteiger charge is -2.28. The van der Waals surface area contributed by atoms with Gasteiger partial charge >= 0.3 is 0 Å². The molecule has 0 spiro atoms. The Balaban J connectivity index is 1.71. The van der Waals surface area contributed by atoms with Gasteiger partial charge in [-0.15, -0.1) is 0 Å². The molecular weight excluding hydrogens is 226 g/mol. The summed E-state index contributed by atoms with van der Waals surface area (Å²) in [5.74, 6) is 0.521. The van der Waals surface area contributed by atoms with Gasteiger partial charge in [0.25, 0.3) is 0 Å². The van der Waals surface area contributed by atoms with E-state index in [9.17, 15) is 4.79 Å². The number of benzene rings is 1. The van der Waals surface area contributed by atoms with Crippen molar-refractivity contribution in [2.75, 3.05) is 13.2 Å². The average Bonchev–Trinajstić information content (AvgIpc) is 2.36. The molecule has 0 fully saturated rings. The number of nitrogens with one attached hydrogen (secondary N) is 1. The molecule has 2 atom stereocenters. The fourth-order valence-corrected chi connectivity index (χ4v) is 2.37. The number of hydrogen-bond acceptors (Lipinski definition) is 2. The van der Waals surface area contributed by atoms with Crippen LogP contribution < -0.4 is 5.32 Å². The molecular formula is C15H21NO2. The van der Waals surface area contributed by atoms with Crippen LogP contribution in [0.2, 0.25) is 0 Å². The van der Waals surface area contributed by atoms with Crippen molar-refractivity contribution in [1.82, 2.24) is 5.32 Å². The number of carbonyl (C=O) groups excluding carboxylic acids is 1. The van der Waals surface area contributed by atoms with E-state index < -0.39 is 0 Å². The van der Waals surface area contributed by atoms with Gasteiger partial charge in [0.15, 0.2) is 0 Å². The molecule has 3 nitrogen and oxygen atoms in total. The Hall–Kier alpha value is -1.35. The van der Waals surface area contributed by atoms with Crippen molar-refractivity contribution in [1.29, 1.82) is 0 Å². The molecule has 1 amide bonds. The van der Waals surface area contributed by atoms with Gasteiger partial charge in [0.2, 0.25) is 5.91 Å². The zero-order valence-electron chi connectivity index (χ0n) is 10.9. The summed E-state index contributed by atoms with van der Waals surface area (Å²) in [4.78, 5) is 11.9. The zero-order valence-corrected chi connectivity index (χ0v) is 10.9. The van der Waals surface area contributed by atoms with Crippen LogP contribution in [0.25, 0.3) is 0 Å². The van der Waals surface area contributed by atoms with E-state index in [2.05, 4.69) is 11.4 Å². The molecule has 0 aromatic heterocycles. The molecule has 2 N–H and O–H groups in total. The lowest BCUT2D eigenvalue weighted by molar-refractivity contribution is -0.123. The molecule has 1 aliphatic rings. The van der Waals surface area contributed by atoms with Gasteiger partial charge in [-0.05, 0) is 36.3 Å². The van der Waals surface area contributed by atoms with E-state index in [0.29, 0.717) is 12.5 Å². The van der Waals surface area contributed by atoms with Gasteiger partial charge in [-0.2, -0.15) is 0 Å². The molecule has 0 saturated carbocycles. The summed E-state index contributed by atoms with van der Waals surface area (Å²) in [6, 6.07) is 8.13. The second kappa shape index (κ2) is 6.01. The molecule has 0 heterocycles. The highest BCUT2D eigenvalue weighted by Gasteiger charge is 2.31. The minimum Gasteiger partial charge on any atom is -0.396 e. The van der Waals surface area contributed by atoms with Crippen LogP contribution in [-0.4, -0.2) is 24.2 Å². The fraction of sp³-hybridized carbons (Fsp3) is 0.533. The van der Waals surface area contributed by atoms with E-state index in [0.717, 1.165) is 19.3 Å². The van der Waals surface area contributed by atoms with Gasteiger partial charge in [0.05, 0.1) is 5.92 Å². The molecule has 3 heteroatoms. The summed E-state index contributed by atoms with van der Waals surface area (Å²) in [6.07, 6.45) is 2.76. The van der Waals surface area contributed by atoms with Crippen LogP contribution in [0, 0.1) is 5.92 Å². The Morgan fingerprint density at radius 2 is 2.28 bits per heavy atom. The summed E-state index contributed by atoms with van der Waals surface area (Å²) in [5.41, 5.74) is 2.48. The van der Waals surface area contributed by atoms with Gasteiger partial charge in [-0.1, -0.05) is 31.2 Å². The van der Waals surface area contributed by atoms with E-state index in [1.807, 2.05) is 25.1 Å². The number of amides is 1. The second-order valence-corrected chi connectivity index (χ2v) is 5.18. The average molecular weight is 247 g/mol. The molecule has 0 bridgehead atoms. The molecule has 2 rings (SSSR count). The Bertz CT molecular complexity index is 417. The van der Waals surface area contributed by atoms with E-state index in [4.69, 9.17) is 5.11 Å². The summed E-state index contributed by atoms with van der Waals surface area (Å²) in [7, 11) is 0. The van der Waals surface area contributed by atoms with E-state index in [1.54, 1.807) is 0 Å². The highest BCUT2D eigenvalue weighted by Crippen LogP contribution is 2.34. The minimum atomic E-state index is 0.0523. The van der Waals surface area contributed by atoms with Crippen molar-refractivity contribution >= 4 is 5.91 Å². The highest BCUT2D eigenvalue weighted by atomic mass is 16.3. The maximum Gasteiger partial charge on any atom is 0.227 e. The Morgan fingerprint density at radius 1 is 1.50 bits per heavy atom. The molecule has 1 aromatic carbocycles. The second-order valence-electron chi connectivity index (χ2n) is 5.18. The standard InChI is InChI=1S/C15H21NO2/c1-11(10-17)5-4-8-16-15(18)14-9-12-6-2-3-7-13(12)14/h2-3,6-7,11,14,17H,4-5,8-10H2,1H3,(H,16,18). The fourth-order valence-electron chi connectivity index (χ4n) is 2.37. The lowest BCUT2D eigenvalue weighted by Crippen LogP contribution is -2.36. The van der Waals surface area contributed by atoms with Crippen molar-refractivity contribution in [2.24, 2.45) is 5.92 Å². The lowest BCUT2D eigenvalue weighted by atomic mass is 9.77. The van der Waals surface area contributed by atoms with E-state index in [1.165, 1.54) is 11.1 Å². The Morgan fingerprint density at radius 3 is 3.00 bits per heavy atom. The van der Waals surface area contributed by atoms with Crippen LogP contribution in [0.1, 0.15) is 36.8 Å². The highest BCUT2D eigenvalue weighted by molar-refractivity contribution is 5.86.